The van der Waals surface area contributed by atoms with Gasteiger partial charge in [-0.2, -0.15) is 0 Å². The van der Waals surface area contributed by atoms with Gasteiger partial charge < -0.3 is 10.2 Å². The van der Waals surface area contributed by atoms with Crippen molar-refractivity contribution in [2.75, 3.05) is 0 Å². The minimum absolute atomic E-state index is 0.187. The summed E-state index contributed by atoms with van der Waals surface area (Å²) in [6.45, 7) is 1.90. The van der Waals surface area contributed by atoms with Crippen molar-refractivity contribution in [2.24, 2.45) is 0 Å². The van der Waals surface area contributed by atoms with Crippen molar-refractivity contribution >= 4 is 5.97 Å². The lowest BCUT2D eigenvalue weighted by atomic mass is 9.91. The molecule has 0 aliphatic heterocycles. The number of aromatic hydroxyl groups is 1. The van der Waals surface area contributed by atoms with Crippen LogP contribution in [0.15, 0.2) is 66.7 Å². The van der Waals surface area contributed by atoms with Gasteiger partial charge in [-0.1, -0.05) is 48.5 Å². The highest BCUT2D eigenvalue weighted by Gasteiger charge is 2.14. The predicted molar refractivity (Wildman–Crippen MR) is 90.7 cm³/mol. The van der Waals surface area contributed by atoms with Gasteiger partial charge in [0.1, 0.15) is 5.75 Å². The van der Waals surface area contributed by atoms with Crippen LogP contribution in [-0.4, -0.2) is 16.2 Å². The molecule has 2 N–H and O–H groups in total. The third kappa shape index (κ3) is 2.94. The zero-order valence-electron chi connectivity index (χ0n) is 12.7. The largest absolute Gasteiger partial charge is 0.507 e. The lowest BCUT2D eigenvalue weighted by molar-refractivity contribution is 0.0697. The molecule has 23 heavy (non-hydrogen) atoms. The van der Waals surface area contributed by atoms with Crippen molar-refractivity contribution in [1.82, 2.24) is 0 Å². The van der Waals surface area contributed by atoms with Crippen molar-refractivity contribution in [3.63, 3.8) is 0 Å². The molecule has 0 spiro atoms. The lowest BCUT2D eigenvalue weighted by Crippen LogP contribution is -1.96. The van der Waals surface area contributed by atoms with E-state index in [1.54, 1.807) is 24.3 Å². The Morgan fingerprint density at radius 3 is 2.26 bits per heavy atom. The third-order valence-electron chi connectivity index (χ3n) is 3.74. The van der Waals surface area contributed by atoms with Crippen LogP contribution in [0.2, 0.25) is 0 Å². The number of aryl methyl sites for hydroxylation is 1. The highest BCUT2D eigenvalue weighted by atomic mass is 16.4. The number of carbonyl (C=O) groups is 1. The molecule has 0 fully saturated rings. The first kappa shape index (κ1) is 14.9. The van der Waals surface area contributed by atoms with Gasteiger partial charge in [0, 0.05) is 5.56 Å². The molecule has 0 saturated heterocycles. The maximum atomic E-state index is 11.2. The Balaban J connectivity index is 2.27. The fraction of sp³-hybridized carbons (Fsp3) is 0.0500. The Bertz CT molecular complexity index is 867. The van der Waals surface area contributed by atoms with Gasteiger partial charge in [-0.25, -0.2) is 4.79 Å². The highest BCUT2D eigenvalue weighted by Crippen LogP contribution is 2.39. The van der Waals surface area contributed by atoms with Crippen LogP contribution in [0.3, 0.4) is 0 Å². The molecule has 0 aliphatic carbocycles. The quantitative estimate of drug-likeness (QED) is 0.735. The molecule has 0 radical (unpaired) electrons. The Labute approximate surface area is 134 Å². The molecule has 3 aromatic rings. The van der Waals surface area contributed by atoms with Crippen LogP contribution in [0, 0.1) is 6.92 Å². The summed E-state index contributed by atoms with van der Waals surface area (Å²) in [4.78, 5) is 11.2. The smallest absolute Gasteiger partial charge is 0.335 e. The number of phenols is 1. The Hall–Kier alpha value is -3.07. The SMILES string of the molecule is Cc1cc(O)c(-c2ccccc2)c(-c2cccc(C(=O)O)c2)c1. The summed E-state index contributed by atoms with van der Waals surface area (Å²) < 4.78 is 0. The van der Waals surface area contributed by atoms with E-state index in [0.29, 0.717) is 5.56 Å². The minimum Gasteiger partial charge on any atom is -0.507 e. The van der Waals surface area contributed by atoms with Gasteiger partial charge in [-0.3, -0.25) is 0 Å². The maximum Gasteiger partial charge on any atom is 0.335 e. The summed E-state index contributed by atoms with van der Waals surface area (Å²) in [7, 11) is 0. The number of rotatable bonds is 3. The zero-order chi connectivity index (χ0) is 16.4. The highest BCUT2D eigenvalue weighted by molar-refractivity contribution is 5.92. The summed E-state index contributed by atoms with van der Waals surface area (Å²) in [5, 5.41) is 19.7. The van der Waals surface area contributed by atoms with E-state index in [0.717, 1.165) is 22.3 Å². The summed E-state index contributed by atoms with van der Waals surface area (Å²) in [6.07, 6.45) is 0. The molecular weight excluding hydrogens is 288 g/mol. The molecule has 3 heteroatoms. The zero-order valence-corrected chi connectivity index (χ0v) is 12.7. The van der Waals surface area contributed by atoms with Crippen LogP contribution in [0.5, 0.6) is 5.75 Å². The second-order valence-electron chi connectivity index (χ2n) is 5.46. The number of phenolic OH excluding ortho intramolecular Hbond substituents is 1. The van der Waals surface area contributed by atoms with Crippen molar-refractivity contribution in [1.29, 1.82) is 0 Å². The van der Waals surface area contributed by atoms with Gasteiger partial charge in [-0.15, -0.1) is 0 Å². The molecule has 0 atom stereocenters. The molecule has 3 aromatic carbocycles. The van der Waals surface area contributed by atoms with E-state index in [2.05, 4.69) is 0 Å². The Kier molecular flexibility index (Phi) is 3.85. The van der Waals surface area contributed by atoms with E-state index in [1.807, 2.05) is 49.4 Å². The van der Waals surface area contributed by atoms with Crippen LogP contribution in [0.4, 0.5) is 0 Å². The van der Waals surface area contributed by atoms with E-state index in [1.165, 1.54) is 0 Å². The van der Waals surface area contributed by atoms with E-state index in [4.69, 9.17) is 0 Å². The van der Waals surface area contributed by atoms with Crippen LogP contribution >= 0.6 is 0 Å². The first-order valence-electron chi connectivity index (χ1n) is 7.29. The number of benzene rings is 3. The third-order valence-corrected chi connectivity index (χ3v) is 3.74. The molecule has 0 amide bonds. The molecule has 0 saturated carbocycles. The average molecular weight is 304 g/mol. The second-order valence-corrected chi connectivity index (χ2v) is 5.46. The number of hydrogen-bond donors (Lipinski definition) is 2. The number of carboxylic acids is 1. The molecule has 114 valence electrons. The summed E-state index contributed by atoms with van der Waals surface area (Å²) in [6, 6.07) is 20.0. The molecule has 0 aromatic heterocycles. The lowest BCUT2D eigenvalue weighted by Gasteiger charge is -2.14. The molecular formula is C20H16O3. The molecule has 3 rings (SSSR count). The van der Waals surface area contributed by atoms with E-state index >= 15 is 0 Å². The Morgan fingerprint density at radius 2 is 1.57 bits per heavy atom. The second kappa shape index (κ2) is 5.97. The van der Waals surface area contributed by atoms with Gasteiger partial charge in [-0.05, 0) is 47.4 Å². The van der Waals surface area contributed by atoms with Gasteiger partial charge >= 0.3 is 5.97 Å². The standard InChI is InChI=1S/C20H16O3/c1-13-10-17(15-8-5-9-16(12-15)20(22)23)19(18(21)11-13)14-6-3-2-4-7-14/h2-12,21H,1H3,(H,22,23). The van der Waals surface area contributed by atoms with E-state index in [9.17, 15) is 15.0 Å². The fourth-order valence-corrected chi connectivity index (χ4v) is 2.72. The topological polar surface area (TPSA) is 57.5 Å². The van der Waals surface area contributed by atoms with Gasteiger partial charge in [0.25, 0.3) is 0 Å². The van der Waals surface area contributed by atoms with Gasteiger partial charge in [0.15, 0.2) is 0 Å². The van der Waals surface area contributed by atoms with Gasteiger partial charge in [0.05, 0.1) is 5.56 Å². The average Bonchev–Trinajstić information content (AvgIpc) is 2.55. The molecule has 0 aliphatic rings. The van der Waals surface area contributed by atoms with E-state index in [-0.39, 0.29) is 11.3 Å². The van der Waals surface area contributed by atoms with Crippen molar-refractivity contribution in [3.05, 3.63) is 77.9 Å². The first-order valence-corrected chi connectivity index (χ1v) is 7.29. The van der Waals surface area contributed by atoms with Crippen LogP contribution in [-0.2, 0) is 0 Å². The van der Waals surface area contributed by atoms with Gasteiger partial charge in [0.2, 0.25) is 0 Å². The van der Waals surface area contributed by atoms with Crippen molar-refractivity contribution in [3.8, 4) is 28.0 Å². The van der Waals surface area contributed by atoms with Crippen LogP contribution in [0.25, 0.3) is 22.3 Å². The van der Waals surface area contributed by atoms with Crippen LogP contribution in [0.1, 0.15) is 15.9 Å². The summed E-state index contributed by atoms with van der Waals surface area (Å²) >= 11 is 0. The van der Waals surface area contributed by atoms with Crippen molar-refractivity contribution < 1.29 is 15.0 Å². The molecule has 0 unspecified atom stereocenters. The number of carboxylic acid groups (broad SMARTS) is 1. The summed E-state index contributed by atoms with van der Waals surface area (Å²) in [5.74, 6) is -0.781. The monoisotopic (exact) mass is 304 g/mol. The van der Waals surface area contributed by atoms with E-state index < -0.39 is 5.97 Å². The Morgan fingerprint density at radius 1 is 0.870 bits per heavy atom. The molecule has 0 bridgehead atoms. The number of hydrogen-bond acceptors (Lipinski definition) is 2. The molecule has 0 heterocycles. The predicted octanol–water partition coefficient (Wildman–Crippen LogP) is 4.73. The molecule has 3 nitrogen and oxygen atoms in total. The number of aromatic carboxylic acids is 1. The fourth-order valence-electron chi connectivity index (χ4n) is 2.72. The summed E-state index contributed by atoms with van der Waals surface area (Å²) in [5.41, 5.74) is 4.32. The minimum atomic E-state index is -0.968. The first-order chi connectivity index (χ1) is 11.1. The van der Waals surface area contributed by atoms with Crippen molar-refractivity contribution in [2.45, 2.75) is 6.92 Å². The maximum absolute atomic E-state index is 11.2. The normalized spacial score (nSPS) is 10.5. The van der Waals surface area contributed by atoms with Crippen LogP contribution < -0.4 is 0 Å².